The fourth-order valence-electron chi connectivity index (χ4n) is 3.08. The Labute approximate surface area is 138 Å². The van der Waals surface area contributed by atoms with Crippen molar-refractivity contribution in [3.05, 3.63) is 59.9 Å². The Morgan fingerprint density at radius 1 is 1.22 bits per heavy atom. The molecule has 0 spiro atoms. The summed E-state index contributed by atoms with van der Waals surface area (Å²) in [6, 6.07) is 14.2. The molecule has 1 aliphatic heterocycles. The van der Waals surface area contributed by atoms with Gasteiger partial charge in [-0.15, -0.1) is 0 Å². The average Bonchev–Trinajstić information content (AvgIpc) is 2.97. The lowest BCUT2D eigenvalue weighted by Crippen LogP contribution is -2.31. The van der Waals surface area contributed by atoms with E-state index in [2.05, 4.69) is 28.9 Å². The van der Waals surface area contributed by atoms with E-state index in [1.807, 2.05) is 30.3 Å². The minimum absolute atomic E-state index is 0.254. The summed E-state index contributed by atoms with van der Waals surface area (Å²) in [7, 11) is 0. The second kappa shape index (κ2) is 7.11. The smallest absolute Gasteiger partial charge is 0.130 e. The highest BCUT2D eigenvalue weighted by Gasteiger charge is 2.32. The van der Waals surface area contributed by atoms with Crippen LogP contribution < -0.4 is 10.5 Å². The summed E-state index contributed by atoms with van der Waals surface area (Å²) in [6.07, 6.45) is 2.96. The number of ether oxygens (including phenoxy) is 1. The molecule has 4 nitrogen and oxygen atoms in total. The van der Waals surface area contributed by atoms with Crippen LogP contribution in [-0.4, -0.2) is 29.5 Å². The van der Waals surface area contributed by atoms with E-state index in [1.165, 1.54) is 12.0 Å². The second-order valence-corrected chi connectivity index (χ2v) is 6.69. The van der Waals surface area contributed by atoms with E-state index in [9.17, 15) is 0 Å². The van der Waals surface area contributed by atoms with Crippen LogP contribution in [0, 0.1) is 5.41 Å². The van der Waals surface area contributed by atoms with Gasteiger partial charge in [0.1, 0.15) is 12.4 Å². The van der Waals surface area contributed by atoms with E-state index < -0.39 is 0 Å². The molecule has 1 aromatic heterocycles. The Morgan fingerprint density at radius 3 is 2.78 bits per heavy atom. The van der Waals surface area contributed by atoms with Crippen LogP contribution >= 0.6 is 0 Å². The van der Waals surface area contributed by atoms with E-state index in [-0.39, 0.29) is 5.41 Å². The zero-order valence-corrected chi connectivity index (χ0v) is 13.7. The Bertz CT molecular complexity index is 632. The van der Waals surface area contributed by atoms with Gasteiger partial charge in [0.15, 0.2) is 0 Å². The van der Waals surface area contributed by atoms with Crippen molar-refractivity contribution in [1.29, 1.82) is 0 Å². The molecule has 0 radical (unpaired) electrons. The van der Waals surface area contributed by atoms with Gasteiger partial charge in [0.2, 0.25) is 0 Å². The first-order valence-corrected chi connectivity index (χ1v) is 8.22. The molecule has 0 amide bonds. The van der Waals surface area contributed by atoms with Gasteiger partial charge in [-0.05, 0) is 43.1 Å². The van der Waals surface area contributed by atoms with Crippen LogP contribution in [0.15, 0.2) is 48.7 Å². The zero-order valence-electron chi connectivity index (χ0n) is 13.7. The predicted molar refractivity (Wildman–Crippen MR) is 92.1 cm³/mol. The van der Waals surface area contributed by atoms with Gasteiger partial charge in [0.25, 0.3) is 0 Å². The zero-order chi connectivity index (χ0) is 16.1. The van der Waals surface area contributed by atoms with Crippen molar-refractivity contribution >= 4 is 0 Å². The highest BCUT2D eigenvalue weighted by Crippen LogP contribution is 2.31. The molecule has 3 rings (SSSR count). The molecule has 1 aliphatic rings. The molecule has 1 saturated heterocycles. The van der Waals surface area contributed by atoms with Crippen molar-refractivity contribution in [2.75, 3.05) is 19.6 Å². The number of hydrogen-bond donors (Lipinski definition) is 1. The second-order valence-electron chi connectivity index (χ2n) is 6.69. The first kappa shape index (κ1) is 16.0. The monoisotopic (exact) mass is 311 g/mol. The van der Waals surface area contributed by atoms with Crippen LogP contribution in [0.3, 0.4) is 0 Å². The fourth-order valence-corrected chi connectivity index (χ4v) is 3.08. The summed E-state index contributed by atoms with van der Waals surface area (Å²) in [5.74, 6) is 0.944. The quantitative estimate of drug-likeness (QED) is 0.891. The largest absolute Gasteiger partial charge is 0.487 e. The van der Waals surface area contributed by atoms with Crippen molar-refractivity contribution in [2.45, 2.75) is 26.5 Å². The molecule has 1 aromatic carbocycles. The maximum atomic E-state index is 6.00. The van der Waals surface area contributed by atoms with Crippen LogP contribution in [0.25, 0.3) is 0 Å². The van der Waals surface area contributed by atoms with Crippen LogP contribution in [0.5, 0.6) is 5.75 Å². The molecular formula is C19H25N3O. The van der Waals surface area contributed by atoms with E-state index in [0.29, 0.717) is 6.61 Å². The number of pyridine rings is 1. The van der Waals surface area contributed by atoms with Crippen molar-refractivity contribution in [2.24, 2.45) is 11.1 Å². The molecule has 0 saturated carbocycles. The lowest BCUT2D eigenvalue weighted by atomic mass is 9.90. The lowest BCUT2D eigenvalue weighted by molar-refractivity contribution is 0.261. The van der Waals surface area contributed by atoms with Gasteiger partial charge in [0.05, 0.1) is 5.69 Å². The van der Waals surface area contributed by atoms with Crippen LogP contribution in [0.4, 0.5) is 0 Å². The van der Waals surface area contributed by atoms with Gasteiger partial charge in [-0.3, -0.25) is 9.88 Å². The maximum absolute atomic E-state index is 6.00. The summed E-state index contributed by atoms with van der Waals surface area (Å²) < 4.78 is 6.00. The van der Waals surface area contributed by atoms with E-state index in [0.717, 1.165) is 37.6 Å². The number of nitrogens with two attached hydrogens (primary N) is 1. The van der Waals surface area contributed by atoms with Gasteiger partial charge < -0.3 is 10.5 Å². The molecular weight excluding hydrogens is 286 g/mol. The average molecular weight is 311 g/mol. The highest BCUT2D eigenvalue weighted by molar-refractivity contribution is 5.33. The summed E-state index contributed by atoms with van der Waals surface area (Å²) in [5, 5.41) is 0. The molecule has 122 valence electrons. The molecule has 23 heavy (non-hydrogen) atoms. The minimum Gasteiger partial charge on any atom is -0.487 e. The Morgan fingerprint density at radius 2 is 2.04 bits per heavy atom. The number of para-hydroxylation sites is 1. The van der Waals surface area contributed by atoms with Crippen molar-refractivity contribution in [1.82, 2.24) is 9.88 Å². The summed E-state index contributed by atoms with van der Waals surface area (Å²) in [6.45, 7) is 6.59. The third-order valence-electron chi connectivity index (χ3n) is 4.60. The maximum Gasteiger partial charge on any atom is 0.130 e. The number of nitrogens with zero attached hydrogens (tertiary/aromatic N) is 2. The van der Waals surface area contributed by atoms with Crippen molar-refractivity contribution in [3.63, 3.8) is 0 Å². The summed E-state index contributed by atoms with van der Waals surface area (Å²) in [5.41, 5.74) is 8.33. The fraction of sp³-hybridized carbons (Fsp3) is 0.421. The van der Waals surface area contributed by atoms with E-state index in [1.54, 1.807) is 6.20 Å². The Kier molecular flexibility index (Phi) is 4.94. The van der Waals surface area contributed by atoms with E-state index >= 15 is 0 Å². The number of hydrogen-bond acceptors (Lipinski definition) is 4. The number of likely N-dealkylation sites (tertiary alicyclic amines) is 1. The van der Waals surface area contributed by atoms with Crippen LogP contribution in [-0.2, 0) is 13.2 Å². The number of aromatic nitrogens is 1. The SMILES string of the molecule is CC1(CN)CCN(Cc2ccccc2OCc2ccccn2)C1. The lowest BCUT2D eigenvalue weighted by Gasteiger charge is -2.23. The molecule has 2 heterocycles. The number of benzene rings is 1. The van der Waals surface area contributed by atoms with Crippen molar-refractivity contribution in [3.8, 4) is 5.75 Å². The van der Waals surface area contributed by atoms with Crippen molar-refractivity contribution < 1.29 is 4.74 Å². The highest BCUT2D eigenvalue weighted by atomic mass is 16.5. The molecule has 4 heteroatoms. The van der Waals surface area contributed by atoms with Crippen LogP contribution in [0.1, 0.15) is 24.6 Å². The molecule has 0 bridgehead atoms. The predicted octanol–water partition coefficient (Wildman–Crippen LogP) is 2.83. The van der Waals surface area contributed by atoms with E-state index in [4.69, 9.17) is 10.5 Å². The molecule has 2 aromatic rings. The third-order valence-corrected chi connectivity index (χ3v) is 4.60. The Balaban J connectivity index is 1.64. The van der Waals surface area contributed by atoms with Gasteiger partial charge in [-0.1, -0.05) is 31.2 Å². The van der Waals surface area contributed by atoms with Gasteiger partial charge in [-0.25, -0.2) is 0 Å². The first-order valence-electron chi connectivity index (χ1n) is 8.22. The topological polar surface area (TPSA) is 51.4 Å². The number of rotatable bonds is 6. The first-order chi connectivity index (χ1) is 11.2. The van der Waals surface area contributed by atoms with Gasteiger partial charge >= 0.3 is 0 Å². The molecule has 1 fully saturated rings. The standard InChI is InChI=1S/C19H25N3O/c1-19(14-20)9-11-22(15-19)12-16-6-2-3-8-18(16)23-13-17-7-4-5-10-21-17/h2-8,10H,9,11-15,20H2,1H3. The summed E-state index contributed by atoms with van der Waals surface area (Å²) >= 11 is 0. The van der Waals surface area contributed by atoms with Gasteiger partial charge in [-0.2, -0.15) is 0 Å². The molecule has 2 N–H and O–H groups in total. The third kappa shape index (κ3) is 4.09. The molecule has 0 aliphatic carbocycles. The summed E-state index contributed by atoms with van der Waals surface area (Å²) in [4.78, 5) is 6.78. The Hall–Kier alpha value is -1.91. The van der Waals surface area contributed by atoms with Crippen LogP contribution in [0.2, 0.25) is 0 Å². The minimum atomic E-state index is 0.254. The van der Waals surface area contributed by atoms with Gasteiger partial charge in [0, 0.05) is 24.8 Å². The normalized spacial score (nSPS) is 21.5. The molecule has 1 unspecified atom stereocenters. The molecule has 1 atom stereocenters.